The first-order valence-electron chi connectivity index (χ1n) is 7.30. The van der Waals surface area contributed by atoms with Crippen LogP contribution in [0.5, 0.6) is 0 Å². The Hall–Kier alpha value is -1.02. The number of aliphatic hydroxyl groups excluding tert-OH is 1. The van der Waals surface area contributed by atoms with Crippen LogP contribution in [0.1, 0.15) is 49.7 Å². The summed E-state index contributed by atoms with van der Waals surface area (Å²) >= 11 is 0. The molecule has 2 heteroatoms. The highest BCUT2D eigenvalue weighted by atomic mass is 16.3. The molecule has 18 heavy (non-hydrogen) atoms. The summed E-state index contributed by atoms with van der Waals surface area (Å²) in [4.78, 5) is 2.62. The van der Waals surface area contributed by atoms with Crippen LogP contribution in [-0.2, 0) is 6.42 Å². The number of aliphatic hydroxyl groups is 1. The van der Waals surface area contributed by atoms with Gasteiger partial charge in [-0.25, -0.2) is 0 Å². The van der Waals surface area contributed by atoms with Crippen LogP contribution in [0.15, 0.2) is 18.2 Å². The Morgan fingerprint density at radius 3 is 2.83 bits per heavy atom. The third-order valence-corrected chi connectivity index (χ3v) is 4.64. The van der Waals surface area contributed by atoms with Crippen molar-refractivity contribution in [3.63, 3.8) is 0 Å². The maximum absolute atomic E-state index is 9.25. The summed E-state index contributed by atoms with van der Waals surface area (Å²) in [5, 5.41) is 9.25. The van der Waals surface area contributed by atoms with Crippen LogP contribution >= 0.6 is 0 Å². The van der Waals surface area contributed by atoms with Crippen molar-refractivity contribution >= 4 is 5.69 Å². The number of hydrogen-bond donors (Lipinski definition) is 1. The standard InChI is InChI=1S/C16H23NO/c1-12(11-18)13-6-7-16-14(10-13)8-9-17(16)15-4-2-3-5-15/h6-7,10,12,15,18H,2-5,8-9,11H2,1H3. The summed E-state index contributed by atoms with van der Waals surface area (Å²) in [6, 6.07) is 7.58. The molecule has 0 saturated heterocycles. The normalized spacial score (nSPS) is 21.3. The van der Waals surface area contributed by atoms with Crippen LogP contribution in [0.3, 0.4) is 0 Å². The van der Waals surface area contributed by atoms with Crippen molar-refractivity contribution in [2.75, 3.05) is 18.1 Å². The third kappa shape index (κ3) is 2.03. The molecule has 1 aromatic carbocycles. The lowest BCUT2D eigenvalue weighted by Crippen LogP contribution is -2.31. The van der Waals surface area contributed by atoms with Gasteiger partial charge in [0, 0.05) is 30.8 Å². The van der Waals surface area contributed by atoms with Gasteiger partial charge in [-0.3, -0.25) is 0 Å². The number of nitrogens with zero attached hydrogens (tertiary/aromatic N) is 1. The predicted molar refractivity (Wildman–Crippen MR) is 75.2 cm³/mol. The summed E-state index contributed by atoms with van der Waals surface area (Å²) in [7, 11) is 0. The molecule has 1 saturated carbocycles. The second-order valence-electron chi connectivity index (χ2n) is 5.85. The zero-order valence-electron chi connectivity index (χ0n) is 11.2. The number of rotatable bonds is 3. The van der Waals surface area contributed by atoms with Crippen molar-refractivity contribution < 1.29 is 5.11 Å². The van der Waals surface area contributed by atoms with Gasteiger partial charge in [0.05, 0.1) is 0 Å². The maximum atomic E-state index is 9.25. The highest BCUT2D eigenvalue weighted by Crippen LogP contribution is 2.36. The average Bonchev–Trinajstić information content (AvgIpc) is 3.05. The second kappa shape index (κ2) is 4.93. The Bertz CT molecular complexity index is 423. The molecule has 1 aliphatic carbocycles. The molecule has 1 heterocycles. The Morgan fingerprint density at radius 1 is 1.33 bits per heavy atom. The quantitative estimate of drug-likeness (QED) is 0.884. The van der Waals surface area contributed by atoms with E-state index in [9.17, 15) is 5.11 Å². The van der Waals surface area contributed by atoms with E-state index in [4.69, 9.17) is 0 Å². The molecule has 1 atom stereocenters. The molecule has 0 aromatic heterocycles. The zero-order chi connectivity index (χ0) is 12.5. The molecule has 1 N–H and O–H groups in total. The molecule has 0 radical (unpaired) electrons. The van der Waals surface area contributed by atoms with E-state index in [0.29, 0.717) is 0 Å². The second-order valence-corrected chi connectivity index (χ2v) is 5.85. The molecule has 1 aromatic rings. The minimum Gasteiger partial charge on any atom is -0.396 e. The number of benzene rings is 1. The van der Waals surface area contributed by atoms with Gasteiger partial charge in [-0.05, 0) is 36.5 Å². The van der Waals surface area contributed by atoms with Crippen molar-refractivity contribution in [1.82, 2.24) is 0 Å². The van der Waals surface area contributed by atoms with E-state index in [1.54, 1.807) is 0 Å². The number of anilines is 1. The Morgan fingerprint density at radius 2 is 2.11 bits per heavy atom. The van der Waals surface area contributed by atoms with Gasteiger partial charge in [-0.1, -0.05) is 31.9 Å². The molecule has 0 spiro atoms. The topological polar surface area (TPSA) is 23.5 Å². The zero-order valence-corrected chi connectivity index (χ0v) is 11.2. The van der Waals surface area contributed by atoms with Gasteiger partial charge in [-0.2, -0.15) is 0 Å². The van der Waals surface area contributed by atoms with Gasteiger partial charge in [-0.15, -0.1) is 0 Å². The molecular weight excluding hydrogens is 222 g/mol. The largest absolute Gasteiger partial charge is 0.396 e. The van der Waals surface area contributed by atoms with Gasteiger partial charge in [0.25, 0.3) is 0 Å². The number of fused-ring (bicyclic) bond motifs is 1. The fourth-order valence-corrected chi connectivity index (χ4v) is 3.45. The molecule has 0 amide bonds. The van der Waals surface area contributed by atoms with E-state index in [1.807, 2.05) is 0 Å². The monoisotopic (exact) mass is 245 g/mol. The molecule has 3 rings (SSSR count). The van der Waals surface area contributed by atoms with E-state index >= 15 is 0 Å². The molecule has 98 valence electrons. The fourth-order valence-electron chi connectivity index (χ4n) is 3.45. The van der Waals surface area contributed by atoms with Crippen LogP contribution < -0.4 is 4.90 Å². The molecule has 2 nitrogen and oxygen atoms in total. The lowest BCUT2D eigenvalue weighted by atomic mass is 9.98. The summed E-state index contributed by atoms with van der Waals surface area (Å²) in [5.74, 6) is 0.260. The Labute approximate surface area is 110 Å². The highest BCUT2D eigenvalue weighted by Gasteiger charge is 2.28. The smallest absolute Gasteiger partial charge is 0.0497 e. The summed E-state index contributed by atoms with van der Waals surface area (Å²) in [5.41, 5.74) is 4.22. The fraction of sp³-hybridized carbons (Fsp3) is 0.625. The molecule has 2 aliphatic rings. The van der Waals surface area contributed by atoms with Gasteiger partial charge in [0.2, 0.25) is 0 Å². The van der Waals surface area contributed by atoms with E-state index in [-0.39, 0.29) is 12.5 Å². The lowest BCUT2D eigenvalue weighted by molar-refractivity contribution is 0.273. The van der Waals surface area contributed by atoms with Crippen LogP contribution in [0, 0.1) is 0 Å². The van der Waals surface area contributed by atoms with Gasteiger partial charge in [0.15, 0.2) is 0 Å². The van der Waals surface area contributed by atoms with Crippen LogP contribution in [0.2, 0.25) is 0 Å². The summed E-state index contributed by atoms with van der Waals surface area (Å²) in [6.45, 7) is 3.52. The lowest BCUT2D eigenvalue weighted by Gasteiger charge is -2.27. The Kier molecular flexibility index (Phi) is 3.29. The van der Waals surface area contributed by atoms with Crippen LogP contribution in [0.25, 0.3) is 0 Å². The minimum atomic E-state index is 0.241. The first-order valence-corrected chi connectivity index (χ1v) is 7.30. The first kappa shape index (κ1) is 12.0. The Balaban J connectivity index is 1.84. The molecule has 1 unspecified atom stereocenters. The third-order valence-electron chi connectivity index (χ3n) is 4.64. The molecular formula is C16H23NO. The van der Waals surface area contributed by atoms with Crippen LogP contribution in [-0.4, -0.2) is 24.3 Å². The van der Waals surface area contributed by atoms with E-state index < -0.39 is 0 Å². The van der Waals surface area contributed by atoms with Gasteiger partial charge < -0.3 is 10.0 Å². The average molecular weight is 245 g/mol. The van der Waals surface area contributed by atoms with Crippen molar-refractivity contribution in [3.05, 3.63) is 29.3 Å². The summed E-state index contributed by atoms with van der Waals surface area (Å²) < 4.78 is 0. The van der Waals surface area contributed by atoms with Crippen molar-refractivity contribution in [1.29, 1.82) is 0 Å². The number of hydrogen-bond acceptors (Lipinski definition) is 2. The van der Waals surface area contributed by atoms with E-state index in [0.717, 1.165) is 6.04 Å². The van der Waals surface area contributed by atoms with Crippen molar-refractivity contribution in [2.45, 2.75) is 51.0 Å². The SMILES string of the molecule is CC(CO)c1ccc2c(c1)CCN2C1CCCC1. The first-order chi connectivity index (χ1) is 8.79. The summed E-state index contributed by atoms with van der Waals surface area (Å²) in [6.07, 6.45) is 6.71. The molecule has 0 bridgehead atoms. The van der Waals surface area contributed by atoms with Gasteiger partial charge >= 0.3 is 0 Å². The van der Waals surface area contributed by atoms with Crippen molar-refractivity contribution in [2.24, 2.45) is 0 Å². The minimum absolute atomic E-state index is 0.241. The predicted octanol–water partition coefficient (Wildman–Crippen LogP) is 3.09. The van der Waals surface area contributed by atoms with Crippen LogP contribution in [0.4, 0.5) is 5.69 Å². The van der Waals surface area contributed by atoms with E-state index in [1.165, 1.54) is 55.5 Å². The van der Waals surface area contributed by atoms with Crippen molar-refractivity contribution in [3.8, 4) is 0 Å². The molecule has 1 aliphatic heterocycles. The molecule has 1 fully saturated rings. The van der Waals surface area contributed by atoms with Gasteiger partial charge in [0.1, 0.15) is 0 Å². The highest BCUT2D eigenvalue weighted by molar-refractivity contribution is 5.60. The van der Waals surface area contributed by atoms with E-state index in [2.05, 4.69) is 30.0 Å². The maximum Gasteiger partial charge on any atom is 0.0497 e.